The van der Waals surface area contributed by atoms with Gasteiger partial charge in [-0.15, -0.1) is 0 Å². The third kappa shape index (κ3) is 3.37. The highest BCUT2D eigenvalue weighted by Gasteiger charge is 2.23. The number of hydrogen-bond acceptors (Lipinski definition) is 3. The van der Waals surface area contributed by atoms with Crippen LogP contribution in [0, 0.1) is 20.8 Å². The summed E-state index contributed by atoms with van der Waals surface area (Å²) < 4.78 is 0. The second-order valence-corrected chi connectivity index (χ2v) is 5.81. The van der Waals surface area contributed by atoms with Crippen molar-refractivity contribution in [3.05, 3.63) is 28.6 Å². The zero-order valence-corrected chi connectivity index (χ0v) is 12.9. The number of amides is 1. The summed E-state index contributed by atoms with van der Waals surface area (Å²) in [4.78, 5) is 16.6. The van der Waals surface area contributed by atoms with E-state index >= 15 is 0 Å². The van der Waals surface area contributed by atoms with E-state index in [0.717, 1.165) is 37.2 Å². The predicted octanol–water partition coefficient (Wildman–Crippen LogP) is 2.33. The lowest BCUT2D eigenvalue weighted by molar-refractivity contribution is -0.123. The molecule has 2 heterocycles. The molecule has 0 aliphatic carbocycles. The van der Waals surface area contributed by atoms with Gasteiger partial charge < -0.3 is 5.32 Å². The number of aromatic nitrogens is 1. The van der Waals surface area contributed by atoms with Gasteiger partial charge in [0.15, 0.2) is 0 Å². The van der Waals surface area contributed by atoms with Gasteiger partial charge >= 0.3 is 0 Å². The summed E-state index contributed by atoms with van der Waals surface area (Å²) >= 11 is 0. The third-order valence-electron chi connectivity index (χ3n) is 4.00. The van der Waals surface area contributed by atoms with Crippen LogP contribution in [-0.2, 0) is 4.79 Å². The first-order chi connectivity index (χ1) is 9.49. The second kappa shape index (κ2) is 6.35. The highest BCUT2D eigenvalue weighted by molar-refractivity contribution is 5.82. The average Bonchev–Trinajstić information content (AvgIpc) is 2.53. The molecule has 0 radical (unpaired) electrons. The summed E-state index contributed by atoms with van der Waals surface area (Å²) in [5.41, 5.74) is 4.55. The molecule has 2 unspecified atom stereocenters. The van der Waals surface area contributed by atoms with Crippen molar-refractivity contribution in [3.63, 3.8) is 0 Å². The standard InChI is InChI=1S/C16H25N3O/c1-10-9-11(2)18-12(3)15(10)13(4)19-14-7-5-6-8-17-16(14)20/h9,13-14,19H,5-8H2,1-4H3,(H,17,20). The minimum absolute atomic E-state index is 0.0902. The maximum absolute atomic E-state index is 12.0. The van der Waals surface area contributed by atoms with Gasteiger partial charge in [-0.1, -0.05) is 0 Å². The molecule has 2 N–H and O–H groups in total. The quantitative estimate of drug-likeness (QED) is 0.890. The van der Waals surface area contributed by atoms with Crippen LogP contribution in [0.3, 0.4) is 0 Å². The lowest BCUT2D eigenvalue weighted by atomic mass is 9.99. The van der Waals surface area contributed by atoms with E-state index in [2.05, 4.69) is 35.5 Å². The molecule has 1 fully saturated rings. The predicted molar refractivity (Wildman–Crippen MR) is 80.6 cm³/mol. The largest absolute Gasteiger partial charge is 0.355 e. The number of carbonyl (C=O) groups excluding carboxylic acids is 1. The van der Waals surface area contributed by atoms with E-state index in [0.29, 0.717) is 0 Å². The maximum atomic E-state index is 12.0. The molecule has 0 aromatic carbocycles. The normalized spacial score (nSPS) is 21.2. The number of nitrogens with one attached hydrogen (secondary N) is 2. The molecule has 0 saturated carbocycles. The van der Waals surface area contributed by atoms with E-state index in [9.17, 15) is 4.79 Å². The topological polar surface area (TPSA) is 54.0 Å². The van der Waals surface area contributed by atoms with Crippen molar-refractivity contribution in [2.24, 2.45) is 0 Å². The Balaban J connectivity index is 2.15. The van der Waals surface area contributed by atoms with Crippen LogP contribution in [0.25, 0.3) is 0 Å². The Bertz CT molecular complexity index is 475. The Kier molecular flexibility index (Phi) is 4.76. The van der Waals surface area contributed by atoms with Gasteiger partial charge in [-0.05, 0) is 64.2 Å². The van der Waals surface area contributed by atoms with Crippen molar-refractivity contribution in [1.29, 1.82) is 0 Å². The Hall–Kier alpha value is -1.42. The van der Waals surface area contributed by atoms with E-state index < -0.39 is 0 Å². The van der Waals surface area contributed by atoms with Crippen LogP contribution in [0.2, 0.25) is 0 Å². The molecule has 2 rings (SSSR count). The molecule has 1 aliphatic rings. The zero-order valence-electron chi connectivity index (χ0n) is 12.9. The van der Waals surface area contributed by atoms with Gasteiger partial charge in [0, 0.05) is 24.0 Å². The maximum Gasteiger partial charge on any atom is 0.237 e. The number of carbonyl (C=O) groups is 1. The van der Waals surface area contributed by atoms with Crippen LogP contribution in [0.5, 0.6) is 0 Å². The van der Waals surface area contributed by atoms with Crippen LogP contribution < -0.4 is 10.6 Å². The van der Waals surface area contributed by atoms with E-state index in [-0.39, 0.29) is 18.0 Å². The number of pyridine rings is 1. The van der Waals surface area contributed by atoms with Crippen molar-refractivity contribution in [2.45, 2.75) is 59.0 Å². The van der Waals surface area contributed by atoms with Gasteiger partial charge in [0.05, 0.1) is 6.04 Å². The second-order valence-electron chi connectivity index (χ2n) is 5.81. The summed E-state index contributed by atoms with van der Waals surface area (Å²) in [6.45, 7) is 9.09. The number of rotatable bonds is 3. The summed E-state index contributed by atoms with van der Waals surface area (Å²) in [6, 6.07) is 2.15. The van der Waals surface area contributed by atoms with Crippen LogP contribution in [-0.4, -0.2) is 23.5 Å². The summed E-state index contributed by atoms with van der Waals surface area (Å²) in [6.07, 6.45) is 3.07. The van der Waals surface area contributed by atoms with Crippen LogP contribution >= 0.6 is 0 Å². The molecule has 4 heteroatoms. The van der Waals surface area contributed by atoms with Crippen LogP contribution in [0.1, 0.15) is 54.7 Å². The molecular formula is C16H25N3O. The Morgan fingerprint density at radius 2 is 2.10 bits per heavy atom. The van der Waals surface area contributed by atoms with Gasteiger partial charge in [-0.2, -0.15) is 0 Å². The van der Waals surface area contributed by atoms with Crippen LogP contribution in [0.15, 0.2) is 6.07 Å². The fourth-order valence-electron chi connectivity index (χ4n) is 3.17. The van der Waals surface area contributed by atoms with E-state index in [1.54, 1.807) is 0 Å². The SMILES string of the molecule is Cc1cc(C)c(C(C)NC2CCCCNC2=O)c(C)n1. The lowest BCUT2D eigenvalue weighted by Crippen LogP contribution is -2.44. The Labute approximate surface area is 121 Å². The smallest absolute Gasteiger partial charge is 0.237 e. The highest BCUT2D eigenvalue weighted by atomic mass is 16.2. The van der Waals surface area contributed by atoms with Gasteiger partial charge in [-0.25, -0.2) is 0 Å². The van der Waals surface area contributed by atoms with Gasteiger partial charge in [0.1, 0.15) is 0 Å². The minimum atomic E-state index is -0.0902. The summed E-state index contributed by atoms with van der Waals surface area (Å²) in [5, 5.41) is 6.45. The fourth-order valence-corrected chi connectivity index (χ4v) is 3.17. The summed E-state index contributed by atoms with van der Waals surface area (Å²) in [5.74, 6) is 0.129. The molecule has 2 atom stereocenters. The molecule has 0 spiro atoms. The van der Waals surface area contributed by atoms with Gasteiger partial charge in [0.2, 0.25) is 5.91 Å². The number of aryl methyl sites for hydroxylation is 3. The molecular weight excluding hydrogens is 250 g/mol. The van der Waals surface area contributed by atoms with Gasteiger partial charge in [0.25, 0.3) is 0 Å². The highest BCUT2D eigenvalue weighted by Crippen LogP contribution is 2.22. The molecule has 0 bridgehead atoms. The zero-order chi connectivity index (χ0) is 14.7. The van der Waals surface area contributed by atoms with Crippen molar-refractivity contribution in [2.75, 3.05) is 6.54 Å². The first kappa shape index (κ1) is 15.0. The molecule has 1 aliphatic heterocycles. The minimum Gasteiger partial charge on any atom is -0.355 e. The first-order valence-corrected chi connectivity index (χ1v) is 7.47. The molecule has 1 saturated heterocycles. The molecule has 1 aromatic heterocycles. The van der Waals surface area contributed by atoms with Crippen molar-refractivity contribution < 1.29 is 4.79 Å². The molecule has 1 amide bonds. The van der Waals surface area contributed by atoms with Gasteiger partial charge in [-0.3, -0.25) is 15.1 Å². The van der Waals surface area contributed by atoms with Crippen LogP contribution in [0.4, 0.5) is 0 Å². The van der Waals surface area contributed by atoms with Crippen molar-refractivity contribution in [3.8, 4) is 0 Å². The lowest BCUT2D eigenvalue weighted by Gasteiger charge is -2.24. The van der Waals surface area contributed by atoms with E-state index in [1.807, 2.05) is 13.8 Å². The first-order valence-electron chi connectivity index (χ1n) is 7.47. The van der Waals surface area contributed by atoms with E-state index in [4.69, 9.17) is 0 Å². The molecule has 4 nitrogen and oxygen atoms in total. The van der Waals surface area contributed by atoms with Crippen molar-refractivity contribution >= 4 is 5.91 Å². The molecule has 1 aromatic rings. The monoisotopic (exact) mass is 275 g/mol. The molecule has 110 valence electrons. The fraction of sp³-hybridized carbons (Fsp3) is 0.625. The molecule has 20 heavy (non-hydrogen) atoms. The summed E-state index contributed by atoms with van der Waals surface area (Å²) in [7, 11) is 0. The number of nitrogens with zero attached hydrogens (tertiary/aromatic N) is 1. The van der Waals surface area contributed by atoms with E-state index in [1.165, 1.54) is 11.1 Å². The Morgan fingerprint density at radius 3 is 2.80 bits per heavy atom. The number of hydrogen-bond donors (Lipinski definition) is 2. The third-order valence-corrected chi connectivity index (χ3v) is 4.00. The Morgan fingerprint density at radius 1 is 1.35 bits per heavy atom. The van der Waals surface area contributed by atoms with Crippen molar-refractivity contribution in [1.82, 2.24) is 15.6 Å². The average molecular weight is 275 g/mol.